The molecule has 14 heavy (non-hydrogen) atoms. The molecule has 0 spiro atoms. The van der Waals surface area contributed by atoms with Gasteiger partial charge in [-0.15, -0.1) is 21.5 Å². The molecular weight excluding hydrogens is 198 g/mol. The fourth-order valence-electron chi connectivity index (χ4n) is 1.03. The first-order valence-electron chi connectivity index (χ1n) is 4.36. The third kappa shape index (κ3) is 1.69. The van der Waals surface area contributed by atoms with E-state index in [9.17, 15) is 0 Å². The van der Waals surface area contributed by atoms with Gasteiger partial charge in [-0.2, -0.15) is 0 Å². The zero-order chi connectivity index (χ0) is 9.97. The standard InChI is InChI=1S/C9H11N3OS/c1-6(10-2)8-11-12-9(13-8)7-4-3-5-14-7/h3-6,10H,1-2H3. The Balaban J connectivity index is 2.26. The lowest BCUT2D eigenvalue weighted by molar-refractivity contribution is 0.442. The van der Waals surface area contributed by atoms with E-state index in [1.165, 1.54) is 0 Å². The van der Waals surface area contributed by atoms with Crippen LogP contribution >= 0.6 is 11.3 Å². The van der Waals surface area contributed by atoms with Crippen molar-refractivity contribution in [2.75, 3.05) is 7.05 Å². The average molecular weight is 209 g/mol. The largest absolute Gasteiger partial charge is 0.418 e. The maximum absolute atomic E-state index is 5.51. The maximum atomic E-state index is 5.51. The monoisotopic (exact) mass is 209 g/mol. The van der Waals surface area contributed by atoms with Gasteiger partial charge in [-0.3, -0.25) is 0 Å². The molecule has 2 aromatic rings. The minimum Gasteiger partial charge on any atom is -0.418 e. The van der Waals surface area contributed by atoms with E-state index in [1.807, 2.05) is 31.5 Å². The van der Waals surface area contributed by atoms with E-state index in [0.717, 1.165) is 4.88 Å². The highest BCUT2D eigenvalue weighted by atomic mass is 32.1. The zero-order valence-corrected chi connectivity index (χ0v) is 8.84. The SMILES string of the molecule is CNC(C)c1nnc(-c2cccs2)o1. The third-order valence-electron chi connectivity index (χ3n) is 1.98. The zero-order valence-electron chi connectivity index (χ0n) is 8.02. The molecule has 0 saturated heterocycles. The van der Waals surface area contributed by atoms with Crippen LogP contribution in [-0.2, 0) is 0 Å². The number of nitrogens with zero attached hydrogens (tertiary/aromatic N) is 2. The summed E-state index contributed by atoms with van der Waals surface area (Å²) in [4.78, 5) is 1.01. The van der Waals surface area contributed by atoms with Gasteiger partial charge in [0.05, 0.1) is 10.9 Å². The molecule has 0 aliphatic carbocycles. The lowest BCUT2D eigenvalue weighted by Crippen LogP contribution is -2.12. The Hall–Kier alpha value is -1.20. The molecule has 0 radical (unpaired) electrons. The predicted molar refractivity (Wildman–Crippen MR) is 55.1 cm³/mol. The molecule has 0 amide bonds. The summed E-state index contributed by atoms with van der Waals surface area (Å²) >= 11 is 1.59. The topological polar surface area (TPSA) is 51.0 Å². The van der Waals surface area contributed by atoms with Crippen LogP contribution in [0.5, 0.6) is 0 Å². The molecular formula is C9H11N3OS. The number of thiophene rings is 1. The number of hydrogen-bond donors (Lipinski definition) is 1. The second-order valence-corrected chi connectivity index (χ2v) is 3.88. The van der Waals surface area contributed by atoms with E-state index >= 15 is 0 Å². The number of aromatic nitrogens is 2. The van der Waals surface area contributed by atoms with Crippen molar-refractivity contribution in [2.24, 2.45) is 0 Å². The smallest absolute Gasteiger partial charge is 0.257 e. The molecule has 1 N–H and O–H groups in total. The quantitative estimate of drug-likeness (QED) is 0.840. The summed E-state index contributed by atoms with van der Waals surface area (Å²) in [6, 6.07) is 4.02. The molecule has 0 aliphatic heterocycles. The Morgan fingerprint density at radius 2 is 2.36 bits per heavy atom. The summed E-state index contributed by atoms with van der Waals surface area (Å²) in [7, 11) is 1.86. The number of rotatable bonds is 3. The van der Waals surface area contributed by atoms with E-state index in [2.05, 4.69) is 15.5 Å². The van der Waals surface area contributed by atoms with Crippen LogP contribution in [0, 0.1) is 0 Å². The van der Waals surface area contributed by atoms with Crippen molar-refractivity contribution < 1.29 is 4.42 Å². The lowest BCUT2D eigenvalue weighted by Gasteiger charge is -2.01. The van der Waals surface area contributed by atoms with E-state index in [4.69, 9.17) is 4.42 Å². The van der Waals surface area contributed by atoms with Crippen molar-refractivity contribution in [1.29, 1.82) is 0 Å². The first-order chi connectivity index (χ1) is 6.81. The molecule has 0 aliphatic rings. The van der Waals surface area contributed by atoms with Crippen LogP contribution in [0.3, 0.4) is 0 Å². The second kappa shape index (κ2) is 3.89. The Labute approximate surface area is 86.0 Å². The average Bonchev–Trinajstić information content (AvgIpc) is 2.86. The Bertz CT molecular complexity index is 396. The minimum absolute atomic E-state index is 0.0937. The molecule has 0 aromatic carbocycles. The fourth-order valence-corrected chi connectivity index (χ4v) is 1.68. The molecule has 74 valence electrons. The van der Waals surface area contributed by atoms with Gasteiger partial charge in [-0.05, 0) is 25.4 Å². The highest BCUT2D eigenvalue weighted by Crippen LogP contribution is 2.24. The van der Waals surface area contributed by atoms with Crippen LogP contribution in [0.15, 0.2) is 21.9 Å². The summed E-state index contributed by atoms with van der Waals surface area (Å²) in [6.45, 7) is 1.98. The van der Waals surface area contributed by atoms with Gasteiger partial charge in [0.1, 0.15) is 0 Å². The van der Waals surface area contributed by atoms with Gasteiger partial charge in [-0.1, -0.05) is 6.07 Å². The summed E-state index contributed by atoms with van der Waals surface area (Å²) in [5.74, 6) is 1.22. The van der Waals surface area contributed by atoms with Gasteiger partial charge in [-0.25, -0.2) is 0 Å². The molecule has 0 saturated carbocycles. The summed E-state index contributed by atoms with van der Waals surface area (Å²) in [6.07, 6.45) is 0. The van der Waals surface area contributed by atoms with Crippen molar-refractivity contribution in [2.45, 2.75) is 13.0 Å². The lowest BCUT2D eigenvalue weighted by atomic mass is 10.3. The molecule has 1 atom stereocenters. The third-order valence-corrected chi connectivity index (χ3v) is 2.83. The van der Waals surface area contributed by atoms with Crippen molar-refractivity contribution in [3.8, 4) is 10.8 Å². The van der Waals surface area contributed by atoms with Crippen LogP contribution in [0.2, 0.25) is 0 Å². The molecule has 4 nitrogen and oxygen atoms in total. The highest BCUT2D eigenvalue weighted by Gasteiger charge is 2.13. The van der Waals surface area contributed by atoms with Crippen molar-refractivity contribution in [3.05, 3.63) is 23.4 Å². The van der Waals surface area contributed by atoms with Crippen LogP contribution in [0.1, 0.15) is 18.9 Å². The second-order valence-electron chi connectivity index (χ2n) is 2.93. The Morgan fingerprint density at radius 3 is 3.00 bits per heavy atom. The van der Waals surface area contributed by atoms with Gasteiger partial charge in [0.2, 0.25) is 5.89 Å². The minimum atomic E-state index is 0.0937. The Kier molecular flexibility index (Phi) is 2.60. The number of hydrogen-bond acceptors (Lipinski definition) is 5. The number of nitrogens with one attached hydrogen (secondary N) is 1. The Morgan fingerprint density at radius 1 is 1.50 bits per heavy atom. The van der Waals surface area contributed by atoms with Crippen LogP contribution < -0.4 is 5.32 Å². The molecule has 5 heteroatoms. The van der Waals surface area contributed by atoms with Gasteiger partial charge < -0.3 is 9.73 Å². The van der Waals surface area contributed by atoms with Gasteiger partial charge in [0.25, 0.3) is 5.89 Å². The molecule has 2 heterocycles. The highest BCUT2D eigenvalue weighted by molar-refractivity contribution is 7.13. The molecule has 2 rings (SSSR count). The first-order valence-corrected chi connectivity index (χ1v) is 5.23. The molecule has 0 fully saturated rings. The fraction of sp³-hybridized carbons (Fsp3) is 0.333. The van der Waals surface area contributed by atoms with Crippen molar-refractivity contribution >= 4 is 11.3 Å². The summed E-state index contributed by atoms with van der Waals surface area (Å²) in [5.41, 5.74) is 0. The van der Waals surface area contributed by atoms with Crippen molar-refractivity contribution in [3.63, 3.8) is 0 Å². The maximum Gasteiger partial charge on any atom is 0.257 e. The van der Waals surface area contributed by atoms with E-state index in [0.29, 0.717) is 11.8 Å². The normalized spacial score (nSPS) is 13.0. The van der Waals surface area contributed by atoms with Gasteiger partial charge in [0, 0.05) is 0 Å². The summed E-state index contributed by atoms with van der Waals surface area (Å²) < 4.78 is 5.51. The predicted octanol–water partition coefficient (Wildman–Crippen LogP) is 2.08. The van der Waals surface area contributed by atoms with E-state index in [1.54, 1.807) is 11.3 Å². The first kappa shape index (κ1) is 9.36. The van der Waals surface area contributed by atoms with E-state index in [-0.39, 0.29) is 6.04 Å². The van der Waals surface area contributed by atoms with Crippen LogP contribution in [0.4, 0.5) is 0 Å². The van der Waals surface area contributed by atoms with Crippen LogP contribution in [0.25, 0.3) is 10.8 Å². The molecule has 0 bridgehead atoms. The van der Waals surface area contributed by atoms with Crippen LogP contribution in [-0.4, -0.2) is 17.2 Å². The van der Waals surface area contributed by atoms with Crippen molar-refractivity contribution in [1.82, 2.24) is 15.5 Å². The summed E-state index contributed by atoms with van der Waals surface area (Å²) in [5, 5.41) is 13.0. The molecule has 1 unspecified atom stereocenters. The molecule has 2 aromatic heterocycles. The van der Waals surface area contributed by atoms with Gasteiger partial charge >= 0.3 is 0 Å². The van der Waals surface area contributed by atoms with Gasteiger partial charge in [0.15, 0.2) is 0 Å². The van der Waals surface area contributed by atoms with E-state index < -0.39 is 0 Å².